The van der Waals surface area contributed by atoms with Crippen LogP contribution in [0.15, 0.2) is 11.6 Å². The Hall–Kier alpha value is -0.0200. The van der Waals surface area contributed by atoms with Crippen molar-refractivity contribution in [1.29, 1.82) is 0 Å². The van der Waals surface area contributed by atoms with Crippen molar-refractivity contribution < 1.29 is 8.42 Å². The molecule has 0 N–H and O–H groups in total. The molecule has 1 aliphatic rings. The molecule has 0 aliphatic heterocycles. The molecule has 1 rings (SSSR count). The molecule has 0 bridgehead atoms. The Morgan fingerprint density at radius 3 is 2.39 bits per heavy atom. The van der Waals surface area contributed by atoms with E-state index in [-0.39, 0.29) is 16.5 Å². The lowest BCUT2D eigenvalue weighted by Gasteiger charge is -2.32. The smallest absolute Gasteiger partial charge is 0.155 e. The van der Waals surface area contributed by atoms with Gasteiger partial charge in [0, 0.05) is 0 Å². The van der Waals surface area contributed by atoms with Gasteiger partial charge in [-0.1, -0.05) is 25.5 Å². The van der Waals surface area contributed by atoms with Gasteiger partial charge in [-0.25, -0.2) is 8.42 Å². The zero-order chi connectivity index (χ0) is 14.2. The maximum absolute atomic E-state index is 12.1. The first-order valence-corrected chi connectivity index (χ1v) is 8.58. The zero-order valence-corrected chi connectivity index (χ0v) is 13.7. The number of rotatable bonds is 3. The van der Waals surface area contributed by atoms with E-state index in [9.17, 15) is 8.42 Å². The topological polar surface area (TPSA) is 34.1 Å². The average Bonchev–Trinajstić information content (AvgIpc) is 2.09. The average molecular weight is 293 g/mol. The van der Waals surface area contributed by atoms with E-state index >= 15 is 0 Å². The highest BCUT2D eigenvalue weighted by molar-refractivity contribution is 7.92. The SMILES string of the molecule is CC1(C)CC(CCS(=O)(=O)C(C)(C)C)=CC(Cl)C1. The first-order chi connectivity index (χ1) is 7.93. The van der Waals surface area contributed by atoms with Crippen molar-refractivity contribution in [1.82, 2.24) is 0 Å². The molecule has 1 aliphatic carbocycles. The van der Waals surface area contributed by atoms with Crippen LogP contribution in [0.3, 0.4) is 0 Å². The summed E-state index contributed by atoms with van der Waals surface area (Å²) in [4.78, 5) is 0. The van der Waals surface area contributed by atoms with Crippen molar-refractivity contribution >= 4 is 21.4 Å². The summed E-state index contributed by atoms with van der Waals surface area (Å²) >= 11 is 6.21. The fraction of sp³-hybridized carbons (Fsp3) is 0.857. The quantitative estimate of drug-likeness (QED) is 0.583. The van der Waals surface area contributed by atoms with E-state index in [1.807, 2.05) is 6.08 Å². The first-order valence-electron chi connectivity index (χ1n) is 6.49. The fourth-order valence-electron chi connectivity index (χ4n) is 2.33. The predicted octanol–water partition coefficient (Wildman–Crippen LogP) is 3.94. The maximum Gasteiger partial charge on any atom is 0.155 e. The number of sulfone groups is 1. The highest BCUT2D eigenvalue weighted by Gasteiger charge is 2.31. The molecule has 18 heavy (non-hydrogen) atoms. The van der Waals surface area contributed by atoms with E-state index in [4.69, 9.17) is 11.6 Å². The molecule has 0 heterocycles. The number of hydrogen-bond donors (Lipinski definition) is 0. The van der Waals surface area contributed by atoms with Crippen LogP contribution >= 0.6 is 11.6 Å². The molecular weight excluding hydrogens is 268 g/mol. The summed E-state index contributed by atoms with van der Waals surface area (Å²) in [7, 11) is -3.04. The van der Waals surface area contributed by atoms with Gasteiger partial charge in [0.1, 0.15) is 0 Å². The molecule has 1 atom stereocenters. The van der Waals surface area contributed by atoms with E-state index in [2.05, 4.69) is 13.8 Å². The molecule has 0 saturated carbocycles. The van der Waals surface area contributed by atoms with Crippen LogP contribution in [0.25, 0.3) is 0 Å². The number of allylic oxidation sites excluding steroid dienone is 2. The first kappa shape index (κ1) is 16.0. The van der Waals surface area contributed by atoms with Gasteiger partial charge in [-0.3, -0.25) is 0 Å². The lowest BCUT2D eigenvalue weighted by molar-refractivity contribution is 0.319. The van der Waals surface area contributed by atoms with Gasteiger partial charge in [-0.2, -0.15) is 0 Å². The van der Waals surface area contributed by atoms with Gasteiger partial charge in [-0.15, -0.1) is 11.6 Å². The van der Waals surface area contributed by atoms with Crippen LogP contribution in [0.1, 0.15) is 53.9 Å². The summed E-state index contributed by atoms with van der Waals surface area (Å²) in [6.07, 6.45) is 4.58. The van der Waals surface area contributed by atoms with Gasteiger partial charge >= 0.3 is 0 Å². The lowest BCUT2D eigenvalue weighted by Crippen LogP contribution is -2.31. The Labute approximate surface area is 117 Å². The molecule has 0 amide bonds. The highest BCUT2D eigenvalue weighted by Crippen LogP contribution is 2.38. The Bertz CT molecular complexity index is 427. The Kier molecular flexibility index (Phi) is 4.60. The maximum atomic E-state index is 12.1. The Morgan fingerprint density at radius 2 is 1.94 bits per heavy atom. The molecule has 4 heteroatoms. The largest absolute Gasteiger partial charge is 0.228 e. The standard InChI is InChI=1S/C14H25ClO2S/c1-13(2,3)18(16,17)7-6-11-8-12(15)10-14(4,5)9-11/h8,12H,6-7,9-10H2,1-5H3. The molecule has 0 aromatic heterocycles. The molecule has 2 nitrogen and oxygen atoms in total. The van der Waals surface area contributed by atoms with Crippen molar-refractivity contribution in [2.45, 2.75) is 64.0 Å². The van der Waals surface area contributed by atoms with Crippen LogP contribution in [0.4, 0.5) is 0 Å². The molecule has 0 spiro atoms. The molecule has 0 saturated heterocycles. The third-order valence-corrected chi connectivity index (χ3v) is 6.38. The van der Waals surface area contributed by atoms with Gasteiger partial charge in [0.2, 0.25) is 0 Å². The van der Waals surface area contributed by atoms with Crippen molar-refractivity contribution in [3.8, 4) is 0 Å². The van der Waals surface area contributed by atoms with E-state index in [0.717, 1.165) is 12.8 Å². The minimum atomic E-state index is -3.04. The van der Waals surface area contributed by atoms with Crippen LogP contribution in [0, 0.1) is 5.41 Å². The molecule has 0 aromatic carbocycles. The van der Waals surface area contributed by atoms with Crippen molar-refractivity contribution in [3.05, 3.63) is 11.6 Å². The molecule has 1 unspecified atom stereocenters. The zero-order valence-electron chi connectivity index (χ0n) is 12.1. The number of alkyl halides is 1. The van der Waals surface area contributed by atoms with Gasteiger partial charge in [0.05, 0.1) is 15.9 Å². The highest BCUT2D eigenvalue weighted by atomic mass is 35.5. The predicted molar refractivity (Wildman–Crippen MR) is 78.9 cm³/mol. The number of halogens is 1. The van der Waals surface area contributed by atoms with E-state index in [1.165, 1.54) is 5.57 Å². The summed E-state index contributed by atoms with van der Waals surface area (Å²) in [6.45, 7) is 9.64. The van der Waals surface area contributed by atoms with Gasteiger partial charge in [0.15, 0.2) is 9.84 Å². The summed E-state index contributed by atoms with van der Waals surface area (Å²) in [5.74, 6) is 0.224. The second-order valence-electron chi connectivity index (χ2n) is 7.07. The summed E-state index contributed by atoms with van der Waals surface area (Å²) in [5, 5.41) is 0.0427. The van der Waals surface area contributed by atoms with Crippen molar-refractivity contribution in [3.63, 3.8) is 0 Å². The van der Waals surface area contributed by atoms with E-state index in [0.29, 0.717) is 6.42 Å². The van der Waals surface area contributed by atoms with Crippen molar-refractivity contribution in [2.24, 2.45) is 5.41 Å². The number of hydrogen-bond acceptors (Lipinski definition) is 2. The van der Waals surface area contributed by atoms with Crippen LogP contribution in [0.2, 0.25) is 0 Å². The lowest BCUT2D eigenvalue weighted by atomic mass is 9.76. The van der Waals surface area contributed by atoms with Gasteiger partial charge in [0.25, 0.3) is 0 Å². The third-order valence-electron chi connectivity index (χ3n) is 3.49. The Balaban J connectivity index is 2.71. The van der Waals surface area contributed by atoms with Crippen LogP contribution in [-0.2, 0) is 9.84 Å². The van der Waals surface area contributed by atoms with Crippen LogP contribution in [0.5, 0.6) is 0 Å². The van der Waals surface area contributed by atoms with Gasteiger partial charge in [-0.05, 0) is 45.4 Å². The second kappa shape index (κ2) is 5.16. The normalized spacial score (nSPS) is 24.8. The molecule has 0 aromatic rings. The molecule has 106 valence electrons. The summed E-state index contributed by atoms with van der Waals surface area (Å²) in [5.41, 5.74) is 1.38. The summed E-state index contributed by atoms with van der Waals surface area (Å²) < 4.78 is 23.5. The van der Waals surface area contributed by atoms with Crippen LogP contribution in [-0.4, -0.2) is 24.3 Å². The summed E-state index contributed by atoms with van der Waals surface area (Å²) in [6, 6.07) is 0. The molecule has 0 fully saturated rings. The van der Waals surface area contributed by atoms with E-state index in [1.54, 1.807) is 20.8 Å². The van der Waals surface area contributed by atoms with E-state index < -0.39 is 14.6 Å². The Morgan fingerprint density at radius 1 is 1.39 bits per heavy atom. The minimum absolute atomic E-state index is 0.0427. The van der Waals surface area contributed by atoms with Crippen molar-refractivity contribution in [2.75, 3.05) is 5.75 Å². The fourth-order valence-corrected chi connectivity index (χ4v) is 4.07. The second-order valence-corrected chi connectivity index (χ2v) is 10.5. The minimum Gasteiger partial charge on any atom is -0.228 e. The monoisotopic (exact) mass is 292 g/mol. The third kappa shape index (κ3) is 4.27. The molecule has 0 radical (unpaired) electrons. The molecular formula is C14H25ClO2S. The van der Waals surface area contributed by atoms with Crippen LogP contribution < -0.4 is 0 Å². The van der Waals surface area contributed by atoms with Gasteiger partial charge < -0.3 is 0 Å².